The van der Waals surface area contributed by atoms with E-state index in [0.717, 1.165) is 7.11 Å². The maximum absolute atomic E-state index is 9.22. The second-order valence-corrected chi connectivity index (χ2v) is 4.71. The fourth-order valence-electron chi connectivity index (χ4n) is 1.24. The number of nitrogens with zero attached hydrogens (tertiary/aromatic N) is 2. The Morgan fingerprint density at radius 1 is 1.11 bits per heavy atom. The fourth-order valence-corrected chi connectivity index (χ4v) is 1.24. The maximum Gasteiger partial charge on any atom is 0.217 e. The molecular formula is C12H14N2O4S. The Bertz CT molecular complexity index is 597. The van der Waals surface area contributed by atoms with Gasteiger partial charge in [-0.2, -0.15) is 0 Å². The number of aromatic nitrogens is 2. The molecule has 0 spiro atoms. The Morgan fingerprint density at radius 3 is 1.95 bits per heavy atom. The van der Waals surface area contributed by atoms with Gasteiger partial charge in [0.15, 0.2) is 12.4 Å². The summed E-state index contributed by atoms with van der Waals surface area (Å²) in [4.78, 5) is 3.98. The van der Waals surface area contributed by atoms with E-state index in [0.29, 0.717) is 0 Å². The van der Waals surface area contributed by atoms with Gasteiger partial charge in [0.05, 0.1) is 7.11 Å². The minimum atomic E-state index is -4.41. The summed E-state index contributed by atoms with van der Waals surface area (Å²) in [5, 5.41) is 0. The molecule has 0 aliphatic heterocycles. The van der Waals surface area contributed by atoms with Crippen LogP contribution in [0.1, 0.15) is 0 Å². The molecule has 7 heteroatoms. The highest BCUT2D eigenvalue weighted by Crippen LogP contribution is 2.15. The smallest absolute Gasteiger partial charge is 0.217 e. The number of hydrogen-bond donors (Lipinski definition) is 0. The van der Waals surface area contributed by atoms with Gasteiger partial charge in [0.25, 0.3) is 0 Å². The Kier molecular flexibility index (Phi) is 5.56. The Labute approximate surface area is 112 Å². The zero-order valence-corrected chi connectivity index (χ0v) is 11.4. The molecule has 102 valence electrons. The van der Waals surface area contributed by atoms with E-state index >= 15 is 0 Å². The Hall–Kier alpha value is -1.83. The molecule has 0 N–H and O–H groups in total. The van der Waals surface area contributed by atoms with Crippen molar-refractivity contribution in [1.29, 1.82) is 0 Å². The Balaban J connectivity index is 0.000000258. The van der Waals surface area contributed by atoms with E-state index in [2.05, 4.69) is 21.3 Å². The molecule has 2 aromatic heterocycles. The second-order valence-electron chi connectivity index (χ2n) is 3.56. The normalized spacial score (nSPS) is 10.5. The average molecular weight is 282 g/mol. The van der Waals surface area contributed by atoms with Gasteiger partial charge in [-0.15, -0.1) is 0 Å². The van der Waals surface area contributed by atoms with Gasteiger partial charge < -0.3 is 4.55 Å². The lowest BCUT2D eigenvalue weighted by molar-refractivity contribution is -0.671. The predicted molar refractivity (Wildman–Crippen MR) is 67.6 cm³/mol. The number of rotatable bonds is 2. The van der Waals surface area contributed by atoms with Crippen molar-refractivity contribution in [3.05, 3.63) is 49.1 Å². The molecule has 0 saturated carbocycles. The molecule has 0 bridgehead atoms. The summed E-state index contributed by atoms with van der Waals surface area (Å²) in [5.74, 6) is 0. The van der Waals surface area contributed by atoms with Crippen LogP contribution in [0, 0.1) is 0 Å². The van der Waals surface area contributed by atoms with E-state index in [1.807, 2.05) is 48.5 Å². The van der Waals surface area contributed by atoms with E-state index in [4.69, 9.17) is 0 Å². The topological polar surface area (TPSA) is 83.2 Å². The van der Waals surface area contributed by atoms with Gasteiger partial charge in [-0.3, -0.25) is 9.17 Å². The zero-order chi connectivity index (χ0) is 14.3. The fraction of sp³-hybridized carbons (Fsp3) is 0.167. The lowest BCUT2D eigenvalue weighted by atomic mass is 10.1. The minimum absolute atomic E-state index is 0.808. The molecule has 2 heterocycles. The van der Waals surface area contributed by atoms with Crippen LogP contribution in [0.4, 0.5) is 0 Å². The van der Waals surface area contributed by atoms with Crippen molar-refractivity contribution in [2.24, 2.45) is 7.05 Å². The van der Waals surface area contributed by atoms with Gasteiger partial charge in [-0.1, -0.05) is 0 Å². The molecular weight excluding hydrogens is 268 g/mol. The molecule has 2 rings (SSSR count). The summed E-state index contributed by atoms with van der Waals surface area (Å²) < 4.78 is 33.0. The first-order valence-corrected chi connectivity index (χ1v) is 6.63. The standard InChI is InChI=1S/C11H11N2.CH4O4S/c1-13-8-4-11(5-9-13)10-2-6-12-7-3-10;1-5-6(2,3)4/h2-9H,1H3;1H3,(H,2,3,4)/q+1;/p-1. The molecule has 0 aromatic carbocycles. The highest BCUT2D eigenvalue weighted by Gasteiger charge is 1.97. The number of pyridine rings is 2. The van der Waals surface area contributed by atoms with Gasteiger partial charge >= 0.3 is 0 Å². The van der Waals surface area contributed by atoms with Crippen LogP contribution < -0.4 is 4.57 Å². The van der Waals surface area contributed by atoms with Crippen LogP contribution in [-0.2, 0) is 21.6 Å². The van der Waals surface area contributed by atoms with Crippen LogP contribution in [-0.4, -0.2) is 25.1 Å². The maximum atomic E-state index is 9.22. The Morgan fingerprint density at radius 2 is 1.53 bits per heavy atom. The third kappa shape index (κ3) is 6.05. The average Bonchev–Trinajstić information content (AvgIpc) is 2.40. The largest absolute Gasteiger partial charge is 0.726 e. The molecule has 0 amide bonds. The van der Waals surface area contributed by atoms with Crippen molar-refractivity contribution >= 4 is 10.4 Å². The molecule has 6 nitrogen and oxygen atoms in total. The SMILES string of the molecule is COS(=O)(=O)[O-].C[n+]1ccc(-c2ccncc2)cc1. The van der Waals surface area contributed by atoms with Gasteiger partial charge in [-0.25, -0.2) is 13.0 Å². The van der Waals surface area contributed by atoms with Gasteiger partial charge in [-0.05, 0) is 23.3 Å². The predicted octanol–water partition coefficient (Wildman–Crippen LogP) is 0.666. The lowest BCUT2D eigenvalue weighted by Gasteiger charge is -1.98. The van der Waals surface area contributed by atoms with E-state index in [-0.39, 0.29) is 0 Å². The highest BCUT2D eigenvalue weighted by molar-refractivity contribution is 7.80. The summed E-state index contributed by atoms with van der Waals surface area (Å²) in [5.41, 5.74) is 2.43. The quantitative estimate of drug-likeness (QED) is 0.459. The second kappa shape index (κ2) is 6.93. The van der Waals surface area contributed by atoms with E-state index in [1.165, 1.54) is 11.1 Å². The van der Waals surface area contributed by atoms with Crippen molar-refractivity contribution in [3.63, 3.8) is 0 Å². The number of aryl methyl sites for hydroxylation is 1. The van der Waals surface area contributed by atoms with Crippen molar-refractivity contribution in [2.45, 2.75) is 0 Å². The first-order valence-electron chi connectivity index (χ1n) is 5.29. The zero-order valence-electron chi connectivity index (χ0n) is 10.6. The summed E-state index contributed by atoms with van der Waals surface area (Å²) in [6.45, 7) is 0. The van der Waals surface area contributed by atoms with E-state index < -0.39 is 10.4 Å². The summed E-state index contributed by atoms with van der Waals surface area (Å²) in [6, 6.07) is 8.20. The summed E-state index contributed by atoms with van der Waals surface area (Å²) in [6.07, 6.45) is 7.69. The molecule has 0 radical (unpaired) electrons. The molecule has 2 aromatic rings. The highest BCUT2D eigenvalue weighted by atomic mass is 32.3. The molecule has 0 saturated heterocycles. The van der Waals surface area contributed by atoms with Crippen molar-refractivity contribution < 1.29 is 21.7 Å². The third-order valence-corrected chi connectivity index (χ3v) is 2.60. The van der Waals surface area contributed by atoms with Crippen LogP contribution in [0.5, 0.6) is 0 Å². The van der Waals surface area contributed by atoms with Crippen LogP contribution in [0.3, 0.4) is 0 Å². The van der Waals surface area contributed by atoms with Gasteiger partial charge in [0.2, 0.25) is 10.4 Å². The molecule has 19 heavy (non-hydrogen) atoms. The molecule has 0 fully saturated rings. The monoisotopic (exact) mass is 282 g/mol. The first kappa shape index (κ1) is 15.2. The van der Waals surface area contributed by atoms with Crippen LogP contribution >= 0.6 is 0 Å². The molecule has 0 unspecified atom stereocenters. The first-order chi connectivity index (χ1) is 8.92. The van der Waals surface area contributed by atoms with Crippen molar-refractivity contribution in [2.75, 3.05) is 7.11 Å². The van der Waals surface area contributed by atoms with Gasteiger partial charge in [0.1, 0.15) is 7.05 Å². The molecule has 0 aliphatic rings. The van der Waals surface area contributed by atoms with Crippen LogP contribution in [0.2, 0.25) is 0 Å². The summed E-state index contributed by atoms with van der Waals surface area (Å²) >= 11 is 0. The van der Waals surface area contributed by atoms with E-state index in [9.17, 15) is 13.0 Å². The van der Waals surface area contributed by atoms with E-state index in [1.54, 1.807) is 0 Å². The van der Waals surface area contributed by atoms with Gasteiger partial charge in [0, 0.05) is 24.5 Å². The molecule has 0 atom stereocenters. The minimum Gasteiger partial charge on any atom is -0.726 e. The summed E-state index contributed by atoms with van der Waals surface area (Å²) in [7, 11) is -1.59. The third-order valence-electron chi connectivity index (χ3n) is 2.20. The lowest BCUT2D eigenvalue weighted by Crippen LogP contribution is -2.25. The van der Waals surface area contributed by atoms with Crippen LogP contribution in [0.25, 0.3) is 11.1 Å². The molecule has 0 aliphatic carbocycles. The van der Waals surface area contributed by atoms with Crippen molar-refractivity contribution in [1.82, 2.24) is 4.98 Å². The van der Waals surface area contributed by atoms with Crippen LogP contribution in [0.15, 0.2) is 49.1 Å². The number of hydrogen-bond acceptors (Lipinski definition) is 5. The van der Waals surface area contributed by atoms with Crippen molar-refractivity contribution in [3.8, 4) is 11.1 Å².